The molecule has 0 spiro atoms. The fourth-order valence-electron chi connectivity index (χ4n) is 3.28. The van der Waals surface area contributed by atoms with E-state index in [2.05, 4.69) is 32.5 Å². The minimum Gasteiger partial charge on any atom is -0.383 e. The molecule has 1 aliphatic rings. The first-order valence-electron chi connectivity index (χ1n) is 8.60. The Balaban J connectivity index is 1.66. The van der Waals surface area contributed by atoms with Crippen LogP contribution in [-0.2, 0) is 4.79 Å². The van der Waals surface area contributed by atoms with Crippen LogP contribution in [0, 0.1) is 11.8 Å². The van der Waals surface area contributed by atoms with E-state index in [0.717, 1.165) is 28.6 Å². The number of pyridine rings is 3. The van der Waals surface area contributed by atoms with E-state index in [0.29, 0.717) is 24.1 Å². The summed E-state index contributed by atoms with van der Waals surface area (Å²) in [6.45, 7) is 3.63. The zero-order chi connectivity index (χ0) is 18.1. The highest BCUT2D eigenvalue weighted by Gasteiger charge is 2.29. The zero-order valence-electron chi connectivity index (χ0n) is 14.4. The smallest absolute Gasteiger partial charge is 0.230 e. The number of nitrogen functional groups attached to an aromatic ring is 1. The van der Waals surface area contributed by atoms with Gasteiger partial charge in [0, 0.05) is 36.1 Å². The van der Waals surface area contributed by atoms with Gasteiger partial charge in [-0.1, -0.05) is 6.92 Å². The maximum atomic E-state index is 12.5. The highest BCUT2D eigenvalue weighted by molar-refractivity contribution is 5.97. The Kier molecular flexibility index (Phi) is 4.22. The third kappa shape index (κ3) is 3.09. The quantitative estimate of drug-likeness (QED) is 0.669. The van der Waals surface area contributed by atoms with Gasteiger partial charge in [-0.2, -0.15) is 0 Å². The minimum absolute atomic E-state index is 0.0103. The van der Waals surface area contributed by atoms with Gasteiger partial charge in [0.2, 0.25) is 5.91 Å². The fourth-order valence-corrected chi connectivity index (χ4v) is 3.28. The molecule has 0 aromatic carbocycles. The summed E-state index contributed by atoms with van der Waals surface area (Å²) in [5, 5.41) is 7.79. The third-order valence-electron chi connectivity index (χ3n) is 4.81. The summed E-state index contributed by atoms with van der Waals surface area (Å²) in [4.78, 5) is 25.4. The predicted octanol–water partition coefficient (Wildman–Crippen LogP) is 2.07. The van der Waals surface area contributed by atoms with Crippen molar-refractivity contribution in [3.8, 4) is 11.3 Å². The minimum atomic E-state index is -0.0408. The summed E-state index contributed by atoms with van der Waals surface area (Å²) in [6, 6.07) is 7.54. The van der Waals surface area contributed by atoms with Crippen molar-refractivity contribution in [1.82, 2.24) is 20.3 Å². The molecule has 4 rings (SSSR count). The van der Waals surface area contributed by atoms with Gasteiger partial charge in [-0.15, -0.1) is 0 Å². The van der Waals surface area contributed by atoms with Crippen molar-refractivity contribution < 1.29 is 4.79 Å². The lowest BCUT2D eigenvalue weighted by Gasteiger charge is -2.14. The summed E-state index contributed by atoms with van der Waals surface area (Å²) in [7, 11) is 0. The highest BCUT2D eigenvalue weighted by Crippen LogP contribution is 2.27. The Morgan fingerprint density at radius 3 is 2.92 bits per heavy atom. The largest absolute Gasteiger partial charge is 0.383 e. The number of nitrogens with two attached hydrogens (primary N) is 1. The molecule has 1 aliphatic heterocycles. The van der Waals surface area contributed by atoms with Gasteiger partial charge in [-0.25, -0.2) is 9.97 Å². The van der Waals surface area contributed by atoms with Crippen LogP contribution in [0.25, 0.3) is 22.0 Å². The predicted molar refractivity (Wildman–Crippen MR) is 101 cm³/mol. The molecule has 3 aromatic rings. The van der Waals surface area contributed by atoms with Crippen LogP contribution in [0.15, 0.2) is 42.9 Å². The molecule has 4 heterocycles. The molecule has 1 saturated heterocycles. The molecule has 7 heteroatoms. The number of nitrogens with zero attached hydrogens (tertiary/aromatic N) is 3. The molecule has 0 saturated carbocycles. The van der Waals surface area contributed by atoms with E-state index in [9.17, 15) is 4.79 Å². The fraction of sp³-hybridized carbons (Fsp3) is 0.263. The first-order chi connectivity index (χ1) is 12.6. The van der Waals surface area contributed by atoms with Gasteiger partial charge >= 0.3 is 0 Å². The molecule has 2 atom stereocenters. The number of amides is 1. The van der Waals surface area contributed by atoms with Crippen LogP contribution in [-0.4, -0.2) is 33.9 Å². The zero-order valence-corrected chi connectivity index (χ0v) is 14.4. The monoisotopic (exact) mass is 348 g/mol. The van der Waals surface area contributed by atoms with E-state index < -0.39 is 0 Å². The van der Waals surface area contributed by atoms with Crippen LogP contribution < -0.4 is 16.4 Å². The van der Waals surface area contributed by atoms with Crippen LogP contribution in [0.3, 0.4) is 0 Å². The lowest BCUT2D eigenvalue weighted by molar-refractivity contribution is -0.120. The second-order valence-corrected chi connectivity index (χ2v) is 6.66. The molecule has 1 fully saturated rings. The SMILES string of the molecule is CC1CNCC1C(=O)Nc1cc2cc(-c3cccnc3)nc(N)c2cn1. The van der Waals surface area contributed by atoms with Crippen molar-refractivity contribution in [2.45, 2.75) is 6.92 Å². The number of carbonyl (C=O) groups excluding carboxylic acids is 1. The Hall–Kier alpha value is -3.06. The Labute approximate surface area is 151 Å². The van der Waals surface area contributed by atoms with Crippen molar-refractivity contribution in [1.29, 1.82) is 0 Å². The molecular formula is C19H20N6O. The lowest BCUT2D eigenvalue weighted by Crippen LogP contribution is -2.28. The van der Waals surface area contributed by atoms with E-state index >= 15 is 0 Å². The van der Waals surface area contributed by atoms with E-state index in [-0.39, 0.29) is 11.8 Å². The summed E-state index contributed by atoms with van der Waals surface area (Å²) < 4.78 is 0. The molecule has 0 radical (unpaired) electrons. The van der Waals surface area contributed by atoms with Gasteiger partial charge < -0.3 is 16.4 Å². The summed E-state index contributed by atoms with van der Waals surface area (Å²) >= 11 is 0. The van der Waals surface area contributed by atoms with Gasteiger partial charge in [0.1, 0.15) is 11.6 Å². The van der Waals surface area contributed by atoms with Gasteiger partial charge in [-0.3, -0.25) is 9.78 Å². The van der Waals surface area contributed by atoms with Gasteiger partial charge in [0.05, 0.1) is 11.6 Å². The average molecular weight is 348 g/mol. The molecule has 2 unspecified atom stereocenters. The molecule has 1 amide bonds. The standard InChI is InChI=1S/C19H20N6O/c1-11-7-22-9-14(11)19(26)25-17-6-13-5-16(12-3-2-4-21-8-12)24-18(20)15(13)10-23-17/h2-6,8,10-11,14,22H,7,9H2,1H3,(H2,20,24)(H,23,25,26). The molecule has 7 nitrogen and oxygen atoms in total. The number of aromatic nitrogens is 3. The van der Waals surface area contributed by atoms with Crippen LogP contribution in [0.1, 0.15) is 6.92 Å². The summed E-state index contributed by atoms with van der Waals surface area (Å²) in [5.41, 5.74) is 7.72. The Bertz CT molecular complexity index is 959. The van der Waals surface area contributed by atoms with Crippen LogP contribution in [0.5, 0.6) is 0 Å². The second kappa shape index (κ2) is 6.68. The van der Waals surface area contributed by atoms with Crippen molar-refractivity contribution in [2.75, 3.05) is 24.1 Å². The van der Waals surface area contributed by atoms with Gasteiger partial charge in [-0.05, 0) is 42.1 Å². The number of carbonyl (C=O) groups is 1. The molecule has 4 N–H and O–H groups in total. The first kappa shape index (κ1) is 16.4. The maximum Gasteiger partial charge on any atom is 0.230 e. The van der Waals surface area contributed by atoms with Gasteiger partial charge in [0.25, 0.3) is 0 Å². The van der Waals surface area contributed by atoms with Crippen molar-refractivity contribution in [3.63, 3.8) is 0 Å². The number of hydrogen-bond donors (Lipinski definition) is 3. The molecule has 132 valence electrons. The number of fused-ring (bicyclic) bond motifs is 1. The Morgan fingerprint density at radius 2 is 2.19 bits per heavy atom. The molecule has 0 bridgehead atoms. The summed E-state index contributed by atoms with van der Waals surface area (Å²) in [6.07, 6.45) is 5.10. The molecular weight excluding hydrogens is 328 g/mol. The van der Waals surface area contributed by atoms with Gasteiger partial charge in [0.15, 0.2) is 0 Å². The number of rotatable bonds is 3. The van der Waals surface area contributed by atoms with E-state index in [1.807, 2.05) is 24.3 Å². The van der Waals surface area contributed by atoms with E-state index in [1.165, 1.54) is 0 Å². The number of nitrogens with one attached hydrogen (secondary N) is 2. The van der Waals surface area contributed by atoms with Crippen LogP contribution in [0.2, 0.25) is 0 Å². The normalized spacial score (nSPS) is 19.6. The maximum absolute atomic E-state index is 12.5. The lowest BCUT2D eigenvalue weighted by atomic mass is 9.97. The van der Waals surface area contributed by atoms with Crippen molar-refractivity contribution in [3.05, 3.63) is 42.9 Å². The van der Waals surface area contributed by atoms with Crippen molar-refractivity contribution >= 4 is 28.3 Å². The molecule has 26 heavy (non-hydrogen) atoms. The third-order valence-corrected chi connectivity index (χ3v) is 4.81. The molecule has 0 aliphatic carbocycles. The van der Waals surface area contributed by atoms with Crippen LogP contribution in [0.4, 0.5) is 11.6 Å². The van der Waals surface area contributed by atoms with E-state index in [4.69, 9.17) is 5.73 Å². The highest BCUT2D eigenvalue weighted by atomic mass is 16.2. The first-order valence-corrected chi connectivity index (χ1v) is 8.60. The average Bonchev–Trinajstić information content (AvgIpc) is 3.08. The van der Waals surface area contributed by atoms with E-state index in [1.54, 1.807) is 18.6 Å². The number of hydrogen-bond acceptors (Lipinski definition) is 6. The number of anilines is 2. The Morgan fingerprint density at radius 1 is 1.31 bits per heavy atom. The second-order valence-electron chi connectivity index (χ2n) is 6.66. The molecule has 3 aromatic heterocycles. The van der Waals surface area contributed by atoms with Crippen molar-refractivity contribution in [2.24, 2.45) is 11.8 Å². The topological polar surface area (TPSA) is 106 Å². The van der Waals surface area contributed by atoms with Crippen LogP contribution >= 0.6 is 0 Å². The summed E-state index contributed by atoms with van der Waals surface area (Å²) in [5.74, 6) is 1.18.